The highest BCUT2D eigenvalue weighted by molar-refractivity contribution is 5.81. The van der Waals surface area contributed by atoms with E-state index in [1.165, 1.54) is 6.92 Å². The zero-order chi connectivity index (χ0) is 15.3. The van der Waals surface area contributed by atoms with Crippen LogP contribution in [0.15, 0.2) is 0 Å². The number of hydrogen-bond acceptors (Lipinski definition) is 8. The average molecular weight is 283 g/mol. The van der Waals surface area contributed by atoms with Gasteiger partial charge in [-0.15, -0.1) is 0 Å². The number of aryl methyl sites for hydroxylation is 1. The Balaban J connectivity index is 2.95. The minimum atomic E-state index is -0.613. The summed E-state index contributed by atoms with van der Waals surface area (Å²) in [5, 5.41) is 16.3. The third-order valence-corrected chi connectivity index (χ3v) is 2.24. The fourth-order valence-electron chi connectivity index (χ4n) is 1.51. The van der Waals surface area contributed by atoms with Gasteiger partial charge in [-0.3, -0.25) is 20.3 Å². The van der Waals surface area contributed by atoms with Crippen LogP contribution in [0.3, 0.4) is 0 Å². The minimum absolute atomic E-state index is 0.0207. The summed E-state index contributed by atoms with van der Waals surface area (Å²) in [6, 6.07) is -0.0207. The molecule has 0 fully saturated rings. The summed E-state index contributed by atoms with van der Waals surface area (Å²) in [7, 11) is 0. The first-order chi connectivity index (χ1) is 9.35. The second kappa shape index (κ2) is 6.61. The summed E-state index contributed by atoms with van der Waals surface area (Å²) in [5.41, 5.74) is 2.06. The molecule has 0 atom stereocenters. The maximum Gasteiger partial charge on any atom is 0.332 e. The number of anilines is 2. The molecule has 0 bridgehead atoms. The van der Waals surface area contributed by atoms with Crippen molar-refractivity contribution in [3.05, 3.63) is 15.8 Å². The lowest BCUT2D eigenvalue weighted by atomic mass is 10.3. The fourth-order valence-corrected chi connectivity index (χ4v) is 1.51. The molecule has 10 heteroatoms. The van der Waals surface area contributed by atoms with Crippen LogP contribution in [0.25, 0.3) is 0 Å². The molecule has 0 saturated heterocycles. The Morgan fingerprint density at radius 3 is 2.60 bits per heavy atom. The quantitative estimate of drug-likeness (QED) is 0.321. The molecule has 0 spiro atoms. The van der Waals surface area contributed by atoms with Crippen LogP contribution < -0.4 is 21.9 Å². The topological polar surface area (TPSA) is 148 Å². The van der Waals surface area contributed by atoms with Crippen LogP contribution in [-0.4, -0.2) is 33.4 Å². The van der Waals surface area contributed by atoms with Crippen LogP contribution >= 0.6 is 0 Å². The third kappa shape index (κ3) is 4.02. The van der Waals surface area contributed by atoms with Crippen molar-refractivity contribution < 1.29 is 9.72 Å². The molecular formula is C10H17N7O3. The first kappa shape index (κ1) is 15.6. The molecule has 0 saturated carbocycles. The van der Waals surface area contributed by atoms with Crippen LogP contribution in [0.1, 0.15) is 19.5 Å². The molecule has 10 nitrogen and oxygen atoms in total. The van der Waals surface area contributed by atoms with Gasteiger partial charge in [0.25, 0.3) is 0 Å². The van der Waals surface area contributed by atoms with E-state index in [1.807, 2.05) is 13.8 Å². The fraction of sp³-hybridized carbons (Fsp3) is 0.500. The number of nitro groups is 1. The number of carbonyl (C=O) groups is 1. The van der Waals surface area contributed by atoms with E-state index in [4.69, 9.17) is 5.84 Å². The number of nitrogens with one attached hydrogen (secondary N) is 3. The summed E-state index contributed by atoms with van der Waals surface area (Å²) >= 11 is 0. The Morgan fingerprint density at radius 2 is 2.10 bits per heavy atom. The van der Waals surface area contributed by atoms with Crippen molar-refractivity contribution in [3.8, 4) is 0 Å². The molecule has 1 aromatic heterocycles. The van der Waals surface area contributed by atoms with Crippen molar-refractivity contribution in [1.82, 2.24) is 15.3 Å². The number of nitrogens with zero attached hydrogens (tertiary/aromatic N) is 3. The standard InChI is InChI=1S/C10H17N7O3/c1-5(2)13-7(18)4-12-9-8(17(19)20)6(3)14-10(15-9)16-11/h5H,4,11H2,1-3H3,(H,13,18)(H2,12,14,15,16). The largest absolute Gasteiger partial charge is 0.355 e. The van der Waals surface area contributed by atoms with Crippen molar-refractivity contribution in [2.24, 2.45) is 5.84 Å². The highest BCUT2D eigenvalue weighted by Crippen LogP contribution is 2.25. The second-order valence-electron chi connectivity index (χ2n) is 4.31. The van der Waals surface area contributed by atoms with Gasteiger partial charge in [-0.2, -0.15) is 4.98 Å². The van der Waals surface area contributed by atoms with Gasteiger partial charge in [-0.1, -0.05) is 0 Å². The number of amides is 1. The van der Waals surface area contributed by atoms with Crippen molar-refractivity contribution in [2.45, 2.75) is 26.8 Å². The number of carbonyl (C=O) groups excluding carboxylic acids is 1. The number of rotatable bonds is 6. The number of aromatic nitrogens is 2. The maximum atomic E-state index is 11.5. The lowest BCUT2D eigenvalue weighted by Gasteiger charge is -2.11. The summed E-state index contributed by atoms with van der Waals surface area (Å²) in [4.78, 5) is 29.6. The lowest BCUT2D eigenvalue weighted by Crippen LogP contribution is -2.35. The van der Waals surface area contributed by atoms with Crippen molar-refractivity contribution in [1.29, 1.82) is 0 Å². The zero-order valence-corrected chi connectivity index (χ0v) is 11.4. The molecule has 0 aliphatic carbocycles. The van der Waals surface area contributed by atoms with E-state index in [0.717, 1.165) is 0 Å². The third-order valence-electron chi connectivity index (χ3n) is 2.24. The van der Waals surface area contributed by atoms with Crippen LogP contribution in [0.4, 0.5) is 17.5 Å². The van der Waals surface area contributed by atoms with Crippen LogP contribution in [-0.2, 0) is 4.79 Å². The molecule has 5 N–H and O–H groups in total. The van der Waals surface area contributed by atoms with Crippen molar-refractivity contribution in [3.63, 3.8) is 0 Å². The first-order valence-corrected chi connectivity index (χ1v) is 5.88. The molecule has 1 rings (SSSR count). The summed E-state index contributed by atoms with van der Waals surface area (Å²) in [6.45, 7) is 4.94. The number of hydrazine groups is 1. The molecule has 0 radical (unpaired) electrons. The molecule has 1 amide bonds. The SMILES string of the molecule is Cc1nc(NN)nc(NCC(=O)NC(C)C)c1[N+](=O)[O-]. The van der Waals surface area contributed by atoms with Gasteiger partial charge in [-0.25, -0.2) is 10.8 Å². The molecule has 20 heavy (non-hydrogen) atoms. The van der Waals surface area contributed by atoms with Gasteiger partial charge in [0.15, 0.2) is 0 Å². The Kier molecular flexibility index (Phi) is 5.15. The van der Waals surface area contributed by atoms with Crippen LogP contribution in [0.5, 0.6) is 0 Å². The molecule has 0 aromatic carbocycles. The highest BCUT2D eigenvalue weighted by atomic mass is 16.6. The highest BCUT2D eigenvalue weighted by Gasteiger charge is 2.22. The molecule has 110 valence electrons. The van der Waals surface area contributed by atoms with E-state index in [9.17, 15) is 14.9 Å². The number of hydrogen-bond donors (Lipinski definition) is 4. The van der Waals surface area contributed by atoms with E-state index in [1.54, 1.807) is 0 Å². The summed E-state index contributed by atoms with van der Waals surface area (Å²) in [6.07, 6.45) is 0. The maximum absolute atomic E-state index is 11.5. The first-order valence-electron chi connectivity index (χ1n) is 5.88. The number of nitrogen functional groups attached to an aromatic ring is 1. The van der Waals surface area contributed by atoms with Gasteiger partial charge in [0.1, 0.15) is 5.69 Å². The van der Waals surface area contributed by atoms with Gasteiger partial charge in [-0.05, 0) is 20.8 Å². The normalized spacial score (nSPS) is 10.2. The van der Waals surface area contributed by atoms with Gasteiger partial charge in [0, 0.05) is 6.04 Å². The van der Waals surface area contributed by atoms with E-state index < -0.39 is 4.92 Å². The van der Waals surface area contributed by atoms with Gasteiger partial charge in [0.05, 0.1) is 11.5 Å². The summed E-state index contributed by atoms with van der Waals surface area (Å²) < 4.78 is 0. The molecular weight excluding hydrogens is 266 g/mol. The molecule has 1 aromatic rings. The van der Waals surface area contributed by atoms with E-state index in [0.29, 0.717) is 0 Å². The van der Waals surface area contributed by atoms with Crippen molar-refractivity contribution >= 4 is 23.4 Å². The average Bonchev–Trinajstić information content (AvgIpc) is 2.34. The number of nitrogens with two attached hydrogens (primary N) is 1. The van der Waals surface area contributed by atoms with Crippen molar-refractivity contribution in [2.75, 3.05) is 17.3 Å². The van der Waals surface area contributed by atoms with Gasteiger partial charge >= 0.3 is 5.69 Å². The second-order valence-corrected chi connectivity index (χ2v) is 4.31. The van der Waals surface area contributed by atoms with Crippen LogP contribution in [0, 0.1) is 17.0 Å². The van der Waals surface area contributed by atoms with E-state index >= 15 is 0 Å². The monoisotopic (exact) mass is 283 g/mol. The molecule has 0 aliphatic rings. The molecule has 0 aliphatic heterocycles. The van der Waals surface area contributed by atoms with E-state index in [2.05, 4.69) is 26.0 Å². The smallest absolute Gasteiger partial charge is 0.332 e. The predicted molar refractivity (Wildman–Crippen MR) is 73.0 cm³/mol. The molecule has 0 unspecified atom stereocenters. The zero-order valence-electron chi connectivity index (χ0n) is 11.4. The van der Waals surface area contributed by atoms with E-state index in [-0.39, 0.29) is 41.6 Å². The predicted octanol–water partition coefficient (Wildman–Crippen LogP) is -0.0847. The lowest BCUT2D eigenvalue weighted by molar-refractivity contribution is -0.385. The minimum Gasteiger partial charge on any atom is -0.355 e. The Hall–Kier alpha value is -2.49. The Labute approximate surface area is 115 Å². The van der Waals surface area contributed by atoms with Gasteiger partial charge < -0.3 is 10.6 Å². The van der Waals surface area contributed by atoms with Gasteiger partial charge in [0.2, 0.25) is 17.7 Å². The summed E-state index contributed by atoms with van der Waals surface area (Å²) in [5.74, 6) is 4.85. The Bertz CT molecular complexity index is 518. The Morgan fingerprint density at radius 1 is 1.45 bits per heavy atom. The molecule has 1 heterocycles. The van der Waals surface area contributed by atoms with Crippen LogP contribution in [0.2, 0.25) is 0 Å².